The van der Waals surface area contributed by atoms with Gasteiger partial charge in [-0.05, 0) is 13.8 Å². The summed E-state index contributed by atoms with van der Waals surface area (Å²) in [6.07, 6.45) is -0.467. The summed E-state index contributed by atoms with van der Waals surface area (Å²) in [4.78, 5) is 26.2. The van der Waals surface area contributed by atoms with E-state index < -0.39 is 6.09 Å². The number of methoxy groups -OCH3 is 1. The lowest BCUT2D eigenvalue weighted by atomic mass is 10.2. The zero-order chi connectivity index (χ0) is 13.0. The molecule has 1 aliphatic heterocycles. The van der Waals surface area contributed by atoms with Crippen molar-refractivity contribution in [1.29, 1.82) is 0 Å². The predicted molar refractivity (Wildman–Crippen MR) is 61.6 cm³/mol. The van der Waals surface area contributed by atoms with Crippen LogP contribution in [0.4, 0.5) is 4.79 Å². The van der Waals surface area contributed by atoms with Crippen molar-refractivity contribution in [3.05, 3.63) is 0 Å². The summed E-state index contributed by atoms with van der Waals surface area (Å²) in [6.45, 7) is 4.99. The van der Waals surface area contributed by atoms with E-state index in [0.29, 0.717) is 13.2 Å². The Bertz CT molecular complexity index is 295. The van der Waals surface area contributed by atoms with E-state index in [1.165, 1.54) is 19.1 Å². The van der Waals surface area contributed by atoms with Crippen molar-refractivity contribution in [2.24, 2.45) is 0 Å². The molecule has 0 aromatic carbocycles. The van der Waals surface area contributed by atoms with Crippen molar-refractivity contribution in [1.82, 2.24) is 9.80 Å². The number of carbonyl (C=O) groups excluding carboxylic acids is 2. The fourth-order valence-corrected chi connectivity index (χ4v) is 1.76. The molecule has 0 aromatic heterocycles. The van der Waals surface area contributed by atoms with Gasteiger partial charge in [0.05, 0.1) is 25.9 Å². The molecule has 0 N–H and O–H groups in total. The number of carbonyl (C=O) groups is 2. The highest BCUT2D eigenvalue weighted by Gasteiger charge is 2.28. The van der Waals surface area contributed by atoms with Crippen molar-refractivity contribution in [3.63, 3.8) is 0 Å². The summed E-state index contributed by atoms with van der Waals surface area (Å²) in [5.41, 5.74) is 0. The first-order chi connectivity index (χ1) is 7.95. The van der Waals surface area contributed by atoms with Crippen LogP contribution in [-0.4, -0.2) is 67.8 Å². The van der Waals surface area contributed by atoms with Crippen LogP contribution >= 0.6 is 0 Å². The molecule has 6 heteroatoms. The molecule has 1 aliphatic rings. The van der Waals surface area contributed by atoms with E-state index in [9.17, 15) is 9.59 Å². The van der Waals surface area contributed by atoms with E-state index in [0.717, 1.165) is 0 Å². The van der Waals surface area contributed by atoms with Crippen LogP contribution in [0.5, 0.6) is 0 Å². The lowest BCUT2D eigenvalue weighted by Gasteiger charge is -2.37. The molecule has 2 atom stereocenters. The van der Waals surface area contributed by atoms with Crippen molar-refractivity contribution in [2.75, 3.05) is 33.9 Å². The van der Waals surface area contributed by atoms with Crippen LogP contribution in [0.1, 0.15) is 13.8 Å². The Morgan fingerprint density at radius 2 is 2.12 bits per heavy atom. The van der Waals surface area contributed by atoms with E-state index >= 15 is 0 Å². The van der Waals surface area contributed by atoms with Crippen LogP contribution in [0, 0.1) is 0 Å². The van der Waals surface area contributed by atoms with E-state index in [1.807, 2.05) is 13.8 Å². The van der Waals surface area contributed by atoms with Crippen LogP contribution in [-0.2, 0) is 14.3 Å². The maximum absolute atomic E-state index is 12.0. The Kier molecular flexibility index (Phi) is 4.74. The van der Waals surface area contributed by atoms with Gasteiger partial charge in [-0.15, -0.1) is 0 Å². The molecule has 1 saturated heterocycles. The lowest BCUT2D eigenvalue weighted by molar-refractivity contribution is -0.143. The van der Waals surface area contributed by atoms with E-state index in [4.69, 9.17) is 4.74 Å². The van der Waals surface area contributed by atoms with Gasteiger partial charge in [-0.25, -0.2) is 4.79 Å². The Morgan fingerprint density at radius 1 is 1.47 bits per heavy atom. The van der Waals surface area contributed by atoms with Gasteiger partial charge in [0.1, 0.15) is 6.54 Å². The second kappa shape index (κ2) is 5.86. The van der Waals surface area contributed by atoms with Gasteiger partial charge in [0.25, 0.3) is 0 Å². The molecule has 1 fully saturated rings. The normalized spacial score (nSPS) is 24.4. The Morgan fingerprint density at radius 3 is 2.71 bits per heavy atom. The highest BCUT2D eigenvalue weighted by atomic mass is 16.5. The summed E-state index contributed by atoms with van der Waals surface area (Å²) in [7, 11) is 2.83. The van der Waals surface area contributed by atoms with Gasteiger partial charge in [0.2, 0.25) is 5.91 Å². The molecule has 0 aliphatic carbocycles. The standard InChI is InChI=1S/C11H20N2O4/c1-8-7-17-9(2)5-13(8)10(14)6-12(3)11(15)16-4/h8-9H,5-7H2,1-4H3/t8-,9-/m0/s1. The molecule has 0 saturated carbocycles. The maximum atomic E-state index is 12.0. The third-order valence-electron chi connectivity index (χ3n) is 2.79. The summed E-state index contributed by atoms with van der Waals surface area (Å²) in [6, 6.07) is 0.0461. The number of amides is 2. The molecular formula is C11H20N2O4. The molecule has 17 heavy (non-hydrogen) atoms. The first kappa shape index (κ1) is 13.8. The minimum atomic E-state index is -0.507. The zero-order valence-electron chi connectivity index (χ0n) is 10.8. The molecular weight excluding hydrogens is 224 g/mol. The zero-order valence-corrected chi connectivity index (χ0v) is 10.8. The number of hydrogen-bond donors (Lipinski definition) is 0. The van der Waals surface area contributed by atoms with Gasteiger partial charge in [-0.3, -0.25) is 4.79 Å². The highest BCUT2D eigenvalue weighted by Crippen LogP contribution is 2.11. The molecule has 0 bridgehead atoms. The smallest absolute Gasteiger partial charge is 0.409 e. The molecule has 0 aromatic rings. The average Bonchev–Trinajstić information content (AvgIpc) is 2.30. The Balaban J connectivity index is 2.54. The number of hydrogen-bond acceptors (Lipinski definition) is 4. The van der Waals surface area contributed by atoms with Crippen LogP contribution in [0.2, 0.25) is 0 Å². The first-order valence-corrected chi connectivity index (χ1v) is 5.65. The monoisotopic (exact) mass is 244 g/mol. The van der Waals surface area contributed by atoms with Crippen LogP contribution in [0.15, 0.2) is 0 Å². The Hall–Kier alpha value is -1.30. The van der Waals surface area contributed by atoms with Crippen molar-refractivity contribution >= 4 is 12.0 Å². The van der Waals surface area contributed by atoms with Gasteiger partial charge in [-0.2, -0.15) is 0 Å². The molecule has 1 heterocycles. The SMILES string of the molecule is COC(=O)N(C)CC(=O)N1C[C@H](C)OC[C@@H]1C. The topological polar surface area (TPSA) is 59.1 Å². The third kappa shape index (κ3) is 3.59. The molecule has 2 amide bonds. The fraction of sp³-hybridized carbons (Fsp3) is 0.818. The van der Waals surface area contributed by atoms with E-state index in [-0.39, 0.29) is 24.6 Å². The minimum absolute atomic E-state index is 0.0315. The predicted octanol–water partition coefficient (Wildman–Crippen LogP) is 0.320. The van der Waals surface area contributed by atoms with Crippen LogP contribution in [0.3, 0.4) is 0 Å². The summed E-state index contributed by atoms with van der Waals surface area (Å²) < 4.78 is 9.98. The Labute approximate surface area is 101 Å². The van der Waals surface area contributed by atoms with Gasteiger partial charge in [0, 0.05) is 13.6 Å². The molecule has 98 valence electrons. The number of morpholine rings is 1. The molecule has 6 nitrogen and oxygen atoms in total. The number of rotatable bonds is 2. The summed E-state index contributed by atoms with van der Waals surface area (Å²) >= 11 is 0. The largest absolute Gasteiger partial charge is 0.453 e. The highest BCUT2D eigenvalue weighted by molar-refractivity contribution is 5.82. The van der Waals surface area contributed by atoms with Crippen molar-refractivity contribution < 1.29 is 19.1 Å². The second-order valence-electron chi connectivity index (χ2n) is 4.37. The van der Waals surface area contributed by atoms with Crippen molar-refractivity contribution in [2.45, 2.75) is 26.0 Å². The minimum Gasteiger partial charge on any atom is -0.453 e. The average molecular weight is 244 g/mol. The second-order valence-corrected chi connectivity index (χ2v) is 4.37. The van der Waals surface area contributed by atoms with E-state index in [1.54, 1.807) is 4.90 Å². The molecule has 0 unspecified atom stereocenters. The molecule has 1 rings (SSSR count). The van der Waals surface area contributed by atoms with Gasteiger partial charge >= 0.3 is 6.09 Å². The fourth-order valence-electron chi connectivity index (χ4n) is 1.76. The van der Waals surface area contributed by atoms with Crippen molar-refractivity contribution in [3.8, 4) is 0 Å². The van der Waals surface area contributed by atoms with E-state index in [2.05, 4.69) is 4.74 Å². The quantitative estimate of drug-likeness (QED) is 0.702. The van der Waals surface area contributed by atoms with Crippen LogP contribution < -0.4 is 0 Å². The van der Waals surface area contributed by atoms with Gasteiger partial charge in [0.15, 0.2) is 0 Å². The van der Waals surface area contributed by atoms with Gasteiger partial charge in [-0.1, -0.05) is 0 Å². The summed E-state index contributed by atoms with van der Waals surface area (Å²) in [5, 5.41) is 0. The number of ether oxygens (including phenoxy) is 2. The number of likely N-dealkylation sites (N-methyl/N-ethyl adjacent to an activating group) is 1. The van der Waals surface area contributed by atoms with Crippen LogP contribution in [0.25, 0.3) is 0 Å². The third-order valence-corrected chi connectivity index (χ3v) is 2.79. The molecule has 0 spiro atoms. The maximum Gasteiger partial charge on any atom is 0.409 e. The number of nitrogens with zero attached hydrogens (tertiary/aromatic N) is 2. The first-order valence-electron chi connectivity index (χ1n) is 5.65. The summed E-state index contributed by atoms with van der Waals surface area (Å²) in [5.74, 6) is -0.0828. The lowest BCUT2D eigenvalue weighted by Crippen LogP contribution is -2.53. The van der Waals surface area contributed by atoms with Gasteiger partial charge < -0.3 is 19.3 Å². The molecule has 0 radical (unpaired) electrons.